The number of halogens is 1. The van der Waals surface area contributed by atoms with Crippen LogP contribution in [0.1, 0.15) is 30.5 Å². The van der Waals surface area contributed by atoms with E-state index in [0.717, 1.165) is 11.1 Å². The summed E-state index contributed by atoms with van der Waals surface area (Å²) in [4.78, 5) is 11.8. The molecule has 0 aliphatic heterocycles. The molecule has 0 saturated carbocycles. The predicted octanol–water partition coefficient (Wildman–Crippen LogP) is 4.12. The molecule has 1 N–H and O–H groups in total. The molecule has 3 nitrogen and oxygen atoms in total. The van der Waals surface area contributed by atoms with Gasteiger partial charge in [0.15, 0.2) is 0 Å². The maximum Gasteiger partial charge on any atom is 0.307 e. The minimum atomic E-state index is -0.229. The first-order valence-corrected chi connectivity index (χ1v) is 7.76. The highest BCUT2D eigenvalue weighted by atomic mass is 35.5. The van der Waals surface area contributed by atoms with Crippen molar-refractivity contribution in [2.45, 2.75) is 25.9 Å². The van der Waals surface area contributed by atoms with Gasteiger partial charge in [-0.1, -0.05) is 60.1 Å². The van der Waals surface area contributed by atoms with Gasteiger partial charge in [0, 0.05) is 17.6 Å². The number of benzene rings is 2. The first kappa shape index (κ1) is 16.5. The van der Waals surface area contributed by atoms with E-state index < -0.39 is 0 Å². The summed E-state index contributed by atoms with van der Waals surface area (Å²) in [5, 5.41) is 4.05. The average molecular weight is 318 g/mol. The molecule has 2 aromatic rings. The van der Waals surface area contributed by atoms with E-state index in [0.29, 0.717) is 18.2 Å². The monoisotopic (exact) mass is 317 g/mol. The molecular formula is C18H20ClNO2. The van der Waals surface area contributed by atoms with Crippen molar-refractivity contribution in [3.8, 4) is 0 Å². The summed E-state index contributed by atoms with van der Waals surface area (Å²) in [6.07, 6.45) is 0.254. The lowest BCUT2D eigenvalue weighted by Crippen LogP contribution is -2.24. The number of hydrogen-bond donors (Lipinski definition) is 1. The minimum absolute atomic E-state index is 0.173. The van der Waals surface area contributed by atoms with Crippen LogP contribution in [-0.2, 0) is 16.1 Å². The fourth-order valence-corrected chi connectivity index (χ4v) is 2.54. The molecule has 0 heterocycles. The van der Waals surface area contributed by atoms with Gasteiger partial charge in [-0.25, -0.2) is 0 Å². The molecule has 1 atom stereocenters. The van der Waals surface area contributed by atoms with Crippen LogP contribution in [0.15, 0.2) is 54.6 Å². The number of hydrogen-bond acceptors (Lipinski definition) is 3. The molecule has 22 heavy (non-hydrogen) atoms. The lowest BCUT2D eigenvalue weighted by atomic mass is 10.0. The number of ether oxygens (including phenoxy) is 1. The number of carbonyl (C=O) groups excluding carboxylic acids is 1. The zero-order valence-electron chi connectivity index (χ0n) is 12.6. The second-order valence-corrected chi connectivity index (χ2v) is 5.36. The Balaban J connectivity index is 2.11. The van der Waals surface area contributed by atoms with Crippen molar-refractivity contribution in [3.05, 3.63) is 70.7 Å². The third kappa shape index (κ3) is 4.86. The fourth-order valence-electron chi connectivity index (χ4n) is 2.27. The van der Waals surface area contributed by atoms with Gasteiger partial charge in [-0.2, -0.15) is 0 Å². The van der Waals surface area contributed by atoms with Crippen LogP contribution in [0.25, 0.3) is 0 Å². The van der Waals surface area contributed by atoms with Gasteiger partial charge in [0.05, 0.1) is 13.0 Å². The van der Waals surface area contributed by atoms with E-state index in [1.54, 1.807) is 6.92 Å². The Kier molecular flexibility index (Phi) is 6.44. The number of esters is 1. The Morgan fingerprint density at radius 1 is 1.14 bits per heavy atom. The summed E-state index contributed by atoms with van der Waals surface area (Å²) in [7, 11) is 0. The van der Waals surface area contributed by atoms with Crippen molar-refractivity contribution >= 4 is 17.6 Å². The van der Waals surface area contributed by atoms with Gasteiger partial charge in [0.1, 0.15) is 0 Å². The molecule has 4 heteroatoms. The van der Waals surface area contributed by atoms with Crippen molar-refractivity contribution in [2.24, 2.45) is 0 Å². The average Bonchev–Trinajstić information content (AvgIpc) is 2.53. The van der Waals surface area contributed by atoms with Crippen molar-refractivity contribution < 1.29 is 9.53 Å². The minimum Gasteiger partial charge on any atom is -0.466 e. The van der Waals surface area contributed by atoms with Crippen LogP contribution in [0, 0.1) is 0 Å². The molecular weight excluding hydrogens is 298 g/mol. The smallest absolute Gasteiger partial charge is 0.307 e. The molecule has 0 bridgehead atoms. The lowest BCUT2D eigenvalue weighted by molar-refractivity contribution is -0.143. The fraction of sp³-hybridized carbons (Fsp3) is 0.278. The van der Waals surface area contributed by atoms with Crippen LogP contribution in [0.4, 0.5) is 0 Å². The van der Waals surface area contributed by atoms with Gasteiger partial charge < -0.3 is 10.1 Å². The molecule has 2 rings (SSSR count). The van der Waals surface area contributed by atoms with E-state index in [2.05, 4.69) is 5.32 Å². The Hall–Kier alpha value is -1.84. The highest BCUT2D eigenvalue weighted by Gasteiger charge is 2.18. The van der Waals surface area contributed by atoms with Gasteiger partial charge in [-0.3, -0.25) is 4.79 Å². The Bertz CT molecular complexity index is 601. The summed E-state index contributed by atoms with van der Waals surface area (Å²) < 4.78 is 5.06. The maximum absolute atomic E-state index is 11.8. The zero-order chi connectivity index (χ0) is 15.8. The molecule has 0 radical (unpaired) electrons. The molecule has 116 valence electrons. The molecule has 1 unspecified atom stereocenters. The van der Waals surface area contributed by atoms with Gasteiger partial charge in [-0.15, -0.1) is 0 Å². The van der Waals surface area contributed by atoms with Crippen LogP contribution < -0.4 is 5.32 Å². The topological polar surface area (TPSA) is 38.3 Å². The number of rotatable bonds is 7. The van der Waals surface area contributed by atoms with E-state index in [4.69, 9.17) is 16.3 Å². The summed E-state index contributed by atoms with van der Waals surface area (Å²) >= 11 is 6.27. The number of carbonyl (C=O) groups is 1. The molecule has 0 fully saturated rings. The van der Waals surface area contributed by atoms with Crippen LogP contribution in [0.5, 0.6) is 0 Å². The third-order valence-electron chi connectivity index (χ3n) is 3.35. The highest BCUT2D eigenvalue weighted by molar-refractivity contribution is 6.31. The van der Waals surface area contributed by atoms with E-state index in [1.165, 1.54) is 0 Å². The standard InChI is InChI=1S/C18H20ClNO2/c1-2-22-18(21)12-17(15-10-6-7-11-16(15)19)20-13-14-8-4-3-5-9-14/h3-11,17,20H,2,12-13H2,1H3. The highest BCUT2D eigenvalue weighted by Crippen LogP contribution is 2.25. The van der Waals surface area contributed by atoms with E-state index in [1.807, 2.05) is 54.6 Å². The van der Waals surface area contributed by atoms with Gasteiger partial charge >= 0.3 is 5.97 Å². The molecule has 2 aromatic carbocycles. The van der Waals surface area contributed by atoms with Gasteiger partial charge in [0.25, 0.3) is 0 Å². The van der Waals surface area contributed by atoms with Crippen LogP contribution >= 0.6 is 11.6 Å². The summed E-state index contributed by atoms with van der Waals surface area (Å²) in [6, 6.07) is 17.4. The largest absolute Gasteiger partial charge is 0.466 e. The maximum atomic E-state index is 11.8. The first-order valence-electron chi connectivity index (χ1n) is 7.38. The first-order chi connectivity index (χ1) is 10.7. The van der Waals surface area contributed by atoms with Crippen LogP contribution in [0.3, 0.4) is 0 Å². The van der Waals surface area contributed by atoms with Gasteiger partial charge in [0.2, 0.25) is 0 Å². The quantitative estimate of drug-likeness (QED) is 0.780. The van der Waals surface area contributed by atoms with Crippen molar-refractivity contribution in [2.75, 3.05) is 6.61 Å². The predicted molar refractivity (Wildman–Crippen MR) is 88.7 cm³/mol. The molecule has 0 aromatic heterocycles. The van der Waals surface area contributed by atoms with E-state index in [9.17, 15) is 4.79 Å². The van der Waals surface area contributed by atoms with E-state index >= 15 is 0 Å². The molecule has 0 saturated heterocycles. The summed E-state index contributed by atoms with van der Waals surface area (Å²) in [5.41, 5.74) is 2.07. The SMILES string of the molecule is CCOC(=O)CC(NCc1ccccc1)c1ccccc1Cl. The van der Waals surface area contributed by atoms with Gasteiger partial charge in [-0.05, 0) is 24.1 Å². The Morgan fingerprint density at radius 3 is 2.50 bits per heavy atom. The normalized spacial score (nSPS) is 11.9. The van der Waals surface area contributed by atoms with E-state index in [-0.39, 0.29) is 18.4 Å². The van der Waals surface area contributed by atoms with Crippen LogP contribution in [0.2, 0.25) is 5.02 Å². The second-order valence-electron chi connectivity index (χ2n) is 4.95. The van der Waals surface area contributed by atoms with Crippen molar-refractivity contribution in [3.63, 3.8) is 0 Å². The molecule has 0 spiro atoms. The molecule has 0 aliphatic carbocycles. The van der Waals surface area contributed by atoms with Crippen molar-refractivity contribution in [1.82, 2.24) is 5.32 Å². The third-order valence-corrected chi connectivity index (χ3v) is 3.70. The van der Waals surface area contributed by atoms with Crippen LogP contribution in [-0.4, -0.2) is 12.6 Å². The van der Waals surface area contributed by atoms with Crippen molar-refractivity contribution in [1.29, 1.82) is 0 Å². The second kappa shape index (κ2) is 8.57. The molecule has 0 amide bonds. The lowest BCUT2D eigenvalue weighted by Gasteiger charge is -2.19. The number of nitrogens with one attached hydrogen (secondary N) is 1. The summed E-state index contributed by atoms with van der Waals surface area (Å²) in [6.45, 7) is 2.85. The molecule has 0 aliphatic rings. The Labute approximate surface area is 136 Å². The summed E-state index contributed by atoms with van der Waals surface area (Å²) in [5.74, 6) is -0.229. The zero-order valence-corrected chi connectivity index (χ0v) is 13.3. The Morgan fingerprint density at radius 2 is 1.82 bits per heavy atom.